The zero-order valence-electron chi connectivity index (χ0n) is 16.0. The number of aromatic nitrogens is 3. The molecule has 2 heterocycles. The Bertz CT molecular complexity index is 813. The third-order valence-corrected chi connectivity index (χ3v) is 4.33. The lowest BCUT2D eigenvalue weighted by Gasteiger charge is -2.23. The molecule has 27 heavy (non-hydrogen) atoms. The van der Waals surface area contributed by atoms with Gasteiger partial charge in [-0.15, -0.1) is 0 Å². The van der Waals surface area contributed by atoms with Crippen LogP contribution in [0.1, 0.15) is 44.5 Å². The van der Waals surface area contributed by atoms with Gasteiger partial charge in [0, 0.05) is 12.6 Å². The molecule has 1 saturated heterocycles. The Balaban J connectivity index is 1.72. The topological polar surface area (TPSA) is 89.4 Å². The van der Waals surface area contributed by atoms with Gasteiger partial charge in [-0.25, -0.2) is 4.79 Å². The number of carbonyl (C=O) groups is 2. The molecule has 8 heteroatoms. The van der Waals surface area contributed by atoms with Crippen LogP contribution in [-0.2, 0) is 4.74 Å². The third-order valence-electron chi connectivity index (χ3n) is 4.33. The van der Waals surface area contributed by atoms with E-state index in [0.29, 0.717) is 24.2 Å². The Morgan fingerprint density at radius 2 is 1.85 bits per heavy atom. The lowest BCUT2D eigenvalue weighted by Crippen LogP contribution is -2.41. The highest BCUT2D eigenvalue weighted by molar-refractivity contribution is 5.98. The number of nitrogens with one attached hydrogen (secondary N) is 1. The van der Waals surface area contributed by atoms with Crippen molar-refractivity contribution in [3.8, 4) is 5.69 Å². The zero-order chi connectivity index (χ0) is 19.6. The summed E-state index contributed by atoms with van der Waals surface area (Å²) in [5, 5.41) is 11.1. The summed E-state index contributed by atoms with van der Waals surface area (Å²) in [7, 11) is 0. The molecule has 1 aliphatic rings. The summed E-state index contributed by atoms with van der Waals surface area (Å²) in [6.45, 7) is 7.86. The summed E-state index contributed by atoms with van der Waals surface area (Å²) >= 11 is 0. The predicted octanol–water partition coefficient (Wildman–Crippen LogP) is 2.40. The van der Waals surface area contributed by atoms with E-state index in [-0.39, 0.29) is 18.0 Å². The summed E-state index contributed by atoms with van der Waals surface area (Å²) in [5.41, 5.74) is 0.598. The lowest BCUT2D eigenvalue weighted by atomic mass is 10.1. The number of nitrogens with zero attached hydrogens (tertiary/aromatic N) is 4. The summed E-state index contributed by atoms with van der Waals surface area (Å²) in [4.78, 5) is 28.4. The Morgan fingerprint density at radius 1 is 1.19 bits per heavy atom. The second-order valence-electron chi connectivity index (χ2n) is 7.72. The quantitative estimate of drug-likeness (QED) is 0.895. The van der Waals surface area contributed by atoms with E-state index in [1.165, 1.54) is 4.80 Å². The number of ether oxygens (including phenoxy) is 1. The first-order valence-electron chi connectivity index (χ1n) is 9.01. The second kappa shape index (κ2) is 7.38. The van der Waals surface area contributed by atoms with E-state index in [2.05, 4.69) is 15.5 Å². The normalized spacial score (nSPS) is 19.8. The molecular weight excluding hydrogens is 346 g/mol. The average Bonchev–Trinajstić information content (AvgIpc) is 3.22. The number of benzene rings is 1. The number of carbonyl (C=O) groups excluding carboxylic acids is 2. The Morgan fingerprint density at radius 3 is 2.52 bits per heavy atom. The van der Waals surface area contributed by atoms with Crippen molar-refractivity contribution in [3.63, 3.8) is 0 Å². The van der Waals surface area contributed by atoms with Crippen LogP contribution in [0.25, 0.3) is 5.69 Å². The maximum Gasteiger partial charge on any atom is 0.407 e. The Labute approximate surface area is 158 Å². The molecule has 1 aromatic heterocycles. The summed E-state index contributed by atoms with van der Waals surface area (Å²) in [6.07, 6.45) is 3.35. The molecule has 1 N–H and O–H groups in total. The van der Waals surface area contributed by atoms with Gasteiger partial charge in [0.25, 0.3) is 5.91 Å². The summed E-state index contributed by atoms with van der Waals surface area (Å²) in [5.74, 6) is -0.108. The van der Waals surface area contributed by atoms with E-state index in [9.17, 15) is 9.59 Å². The molecule has 0 unspecified atom stereocenters. The van der Waals surface area contributed by atoms with Gasteiger partial charge in [-0.1, -0.05) is 12.1 Å². The smallest absolute Gasteiger partial charge is 0.407 e. The predicted molar refractivity (Wildman–Crippen MR) is 99.6 cm³/mol. The van der Waals surface area contributed by atoms with E-state index < -0.39 is 11.7 Å². The van der Waals surface area contributed by atoms with Gasteiger partial charge >= 0.3 is 6.09 Å². The van der Waals surface area contributed by atoms with Crippen LogP contribution >= 0.6 is 0 Å². The zero-order valence-corrected chi connectivity index (χ0v) is 16.0. The number of rotatable bonds is 3. The van der Waals surface area contributed by atoms with Crippen LogP contribution in [0, 0.1) is 0 Å². The molecule has 0 aliphatic carbocycles. The first kappa shape index (κ1) is 18.9. The van der Waals surface area contributed by atoms with Crippen molar-refractivity contribution in [2.75, 3.05) is 6.54 Å². The fourth-order valence-corrected chi connectivity index (χ4v) is 3.22. The van der Waals surface area contributed by atoms with Crippen LogP contribution in [0.2, 0.25) is 0 Å². The molecule has 2 aromatic rings. The van der Waals surface area contributed by atoms with Gasteiger partial charge < -0.3 is 15.0 Å². The van der Waals surface area contributed by atoms with Crippen molar-refractivity contribution >= 4 is 12.0 Å². The highest BCUT2D eigenvalue weighted by atomic mass is 16.6. The fraction of sp³-hybridized carbons (Fsp3) is 0.474. The standard InChI is InChI=1S/C19H25N5O3/c1-13-11-14(22-18(26)27-19(2,3)4)12-23(13)17(25)15-7-5-6-8-16(15)24-20-9-10-21-24/h5-10,13-14H,11-12H2,1-4H3,(H,22,26)/t13-,14+/m0/s1. The SMILES string of the molecule is C[C@H]1C[C@@H](NC(=O)OC(C)(C)C)CN1C(=O)c1ccccc1-n1nccn1. The summed E-state index contributed by atoms with van der Waals surface area (Å²) < 4.78 is 5.31. The van der Waals surface area contributed by atoms with Gasteiger partial charge in [0.05, 0.1) is 29.7 Å². The van der Waals surface area contributed by atoms with Gasteiger partial charge in [-0.3, -0.25) is 4.79 Å². The first-order chi connectivity index (χ1) is 12.7. The van der Waals surface area contributed by atoms with Crippen LogP contribution in [0.3, 0.4) is 0 Å². The largest absolute Gasteiger partial charge is 0.444 e. The van der Waals surface area contributed by atoms with Crippen molar-refractivity contribution in [1.82, 2.24) is 25.2 Å². The molecule has 0 radical (unpaired) electrons. The highest BCUT2D eigenvalue weighted by Crippen LogP contribution is 2.23. The van der Waals surface area contributed by atoms with Gasteiger partial charge in [-0.2, -0.15) is 15.0 Å². The molecule has 1 fully saturated rings. The first-order valence-corrected chi connectivity index (χ1v) is 9.01. The number of alkyl carbamates (subject to hydrolysis) is 1. The molecule has 8 nitrogen and oxygen atoms in total. The maximum atomic E-state index is 13.1. The van der Waals surface area contributed by atoms with Crippen molar-refractivity contribution in [1.29, 1.82) is 0 Å². The fourth-order valence-electron chi connectivity index (χ4n) is 3.22. The van der Waals surface area contributed by atoms with Crippen molar-refractivity contribution < 1.29 is 14.3 Å². The van der Waals surface area contributed by atoms with Gasteiger partial charge in [0.1, 0.15) is 5.60 Å². The van der Waals surface area contributed by atoms with Gasteiger partial charge in [0.15, 0.2) is 0 Å². The molecule has 1 aliphatic heterocycles. The van der Waals surface area contributed by atoms with Crippen molar-refractivity contribution in [3.05, 3.63) is 42.2 Å². The van der Waals surface area contributed by atoms with Crippen LogP contribution in [-0.4, -0.2) is 56.1 Å². The number of hydrogen-bond acceptors (Lipinski definition) is 5. The number of amides is 2. The Hall–Kier alpha value is -2.90. The van der Waals surface area contributed by atoms with Crippen LogP contribution in [0.15, 0.2) is 36.7 Å². The minimum absolute atomic E-state index is 0.00364. The van der Waals surface area contributed by atoms with Crippen molar-refractivity contribution in [2.45, 2.75) is 51.8 Å². The molecule has 3 rings (SSSR count). The molecule has 2 atom stereocenters. The second-order valence-corrected chi connectivity index (χ2v) is 7.72. The van der Waals surface area contributed by atoms with Crippen molar-refractivity contribution in [2.24, 2.45) is 0 Å². The molecule has 0 saturated carbocycles. The van der Waals surface area contributed by atoms with E-state index in [1.807, 2.05) is 45.9 Å². The van der Waals surface area contributed by atoms with Gasteiger partial charge in [-0.05, 0) is 46.2 Å². The minimum Gasteiger partial charge on any atom is -0.444 e. The number of hydrogen-bond donors (Lipinski definition) is 1. The molecule has 1 aromatic carbocycles. The summed E-state index contributed by atoms with van der Waals surface area (Å²) in [6, 6.07) is 7.09. The van der Waals surface area contributed by atoms with Gasteiger partial charge in [0.2, 0.25) is 0 Å². The molecular formula is C19H25N5O3. The van der Waals surface area contributed by atoms with Crippen LogP contribution in [0.4, 0.5) is 4.79 Å². The Kier molecular flexibility index (Phi) is 5.16. The third kappa shape index (κ3) is 4.45. The molecule has 2 amide bonds. The van der Waals surface area contributed by atoms with E-state index >= 15 is 0 Å². The number of likely N-dealkylation sites (tertiary alicyclic amines) is 1. The lowest BCUT2D eigenvalue weighted by molar-refractivity contribution is 0.0502. The maximum absolute atomic E-state index is 13.1. The molecule has 0 bridgehead atoms. The highest BCUT2D eigenvalue weighted by Gasteiger charge is 2.35. The molecule has 0 spiro atoms. The van der Waals surface area contributed by atoms with E-state index in [0.717, 1.165) is 0 Å². The van der Waals surface area contributed by atoms with E-state index in [1.54, 1.807) is 23.4 Å². The van der Waals surface area contributed by atoms with Crippen LogP contribution in [0.5, 0.6) is 0 Å². The van der Waals surface area contributed by atoms with Crippen LogP contribution < -0.4 is 5.32 Å². The minimum atomic E-state index is -0.556. The van der Waals surface area contributed by atoms with E-state index in [4.69, 9.17) is 4.74 Å². The monoisotopic (exact) mass is 371 g/mol. The number of para-hydroxylation sites is 1. The molecule has 144 valence electrons. The average molecular weight is 371 g/mol.